The van der Waals surface area contributed by atoms with Crippen LogP contribution in [0.2, 0.25) is 0 Å². The van der Waals surface area contributed by atoms with Crippen LogP contribution in [0.5, 0.6) is 0 Å². The highest BCUT2D eigenvalue weighted by atomic mass is 19.1. The quantitative estimate of drug-likeness (QED) is 0.659. The van der Waals surface area contributed by atoms with Crippen molar-refractivity contribution in [3.05, 3.63) is 58.2 Å². The monoisotopic (exact) mass is 362 g/mol. The van der Waals surface area contributed by atoms with E-state index in [0.717, 1.165) is 5.56 Å². The van der Waals surface area contributed by atoms with Crippen LogP contribution in [-0.2, 0) is 16.0 Å². The minimum Gasteiger partial charge on any atom is -0.451 e. The molecule has 2 rings (SSSR count). The molecular formula is C19H23FN2O4. The van der Waals surface area contributed by atoms with Gasteiger partial charge in [0, 0.05) is 17.8 Å². The van der Waals surface area contributed by atoms with Crippen molar-refractivity contribution in [2.24, 2.45) is 0 Å². The Hall–Kier alpha value is -2.67. The van der Waals surface area contributed by atoms with Gasteiger partial charge in [-0.3, -0.25) is 4.79 Å². The Kier molecular flexibility index (Phi) is 6.52. The Labute approximate surface area is 151 Å². The summed E-state index contributed by atoms with van der Waals surface area (Å²) in [5.41, 5.74) is 3.08. The maximum atomic E-state index is 12.8. The number of amides is 1. The van der Waals surface area contributed by atoms with Gasteiger partial charge in [-0.2, -0.15) is 0 Å². The number of aryl methyl sites for hydroxylation is 1. The van der Waals surface area contributed by atoms with Crippen molar-refractivity contribution < 1.29 is 23.8 Å². The van der Waals surface area contributed by atoms with Crippen molar-refractivity contribution in [2.45, 2.75) is 33.3 Å². The van der Waals surface area contributed by atoms with Gasteiger partial charge < -0.3 is 20.1 Å². The third-order valence-electron chi connectivity index (χ3n) is 4.10. The van der Waals surface area contributed by atoms with Crippen LogP contribution < -0.4 is 5.32 Å². The molecule has 0 spiro atoms. The fourth-order valence-corrected chi connectivity index (χ4v) is 2.85. The maximum Gasteiger partial charge on any atom is 0.355 e. The molecule has 0 saturated heterocycles. The average Bonchev–Trinajstić information content (AvgIpc) is 2.89. The van der Waals surface area contributed by atoms with E-state index in [-0.39, 0.29) is 11.5 Å². The Bertz CT molecular complexity index is 782. The first-order valence-electron chi connectivity index (χ1n) is 8.35. The number of ether oxygens (including phenoxy) is 1. The molecule has 2 aromatic rings. The van der Waals surface area contributed by atoms with Crippen molar-refractivity contribution in [2.75, 3.05) is 13.2 Å². The van der Waals surface area contributed by atoms with Crippen LogP contribution in [0.1, 0.15) is 45.9 Å². The van der Waals surface area contributed by atoms with Gasteiger partial charge in [0.05, 0.1) is 6.10 Å². The molecule has 6 nitrogen and oxygen atoms in total. The van der Waals surface area contributed by atoms with E-state index < -0.39 is 24.6 Å². The number of benzene rings is 1. The van der Waals surface area contributed by atoms with Gasteiger partial charge in [-0.15, -0.1) is 0 Å². The van der Waals surface area contributed by atoms with E-state index in [9.17, 15) is 19.1 Å². The lowest BCUT2D eigenvalue weighted by Gasteiger charge is -2.07. The zero-order valence-corrected chi connectivity index (χ0v) is 15.1. The molecule has 26 heavy (non-hydrogen) atoms. The summed E-state index contributed by atoms with van der Waals surface area (Å²) in [7, 11) is 0. The zero-order chi connectivity index (χ0) is 19.3. The van der Waals surface area contributed by atoms with E-state index in [0.29, 0.717) is 29.8 Å². The molecule has 0 unspecified atom stereocenters. The Morgan fingerprint density at radius 2 is 1.92 bits per heavy atom. The van der Waals surface area contributed by atoms with Crippen molar-refractivity contribution in [3.8, 4) is 0 Å². The molecule has 0 radical (unpaired) electrons. The number of carbonyl (C=O) groups excluding carboxylic acids is 2. The van der Waals surface area contributed by atoms with E-state index in [1.165, 1.54) is 12.1 Å². The van der Waals surface area contributed by atoms with Gasteiger partial charge in [-0.1, -0.05) is 12.1 Å². The molecule has 7 heteroatoms. The van der Waals surface area contributed by atoms with Crippen molar-refractivity contribution in [1.29, 1.82) is 0 Å². The van der Waals surface area contributed by atoms with Crippen LogP contribution >= 0.6 is 0 Å². The lowest BCUT2D eigenvalue weighted by molar-refractivity contribution is -0.124. The average molecular weight is 362 g/mol. The van der Waals surface area contributed by atoms with Gasteiger partial charge >= 0.3 is 5.97 Å². The number of rotatable bonds is 7. The predicted octanol–water partition coefficient (Wildman–Crippen LogP) is 2.34. The number of esters is 1. The summed E-state index contributed by atoms with van der Waals surface area (Å²) in [4.78, 5) is 26.8. The van der Waals surface area contributed by atoms with Crippen LogP contribution in [0.15, 0.2) is 24.3 Å². The van der Waals surface area contributed by atoms with Crippen LogP contribution in [-0.4, -0.2) is 35.1 Å². The second kappa shape index (κ2) is 8.62. The fourth-order valence-electron chi connectivity index (χ4n) is 2.85. The SMILES string of the molecule is Cc1[nH]c(C(=O)OCC(=O)NCCc2ccc(F)cc2)c(C)c1[C@H](C)O. The molecule has 0 bridgehead atoms. The minimum atomic E-state index is -0.706. The highest BCUT2D eigenvalue weighted by Crippen LogP contribution is 2.24. The molecule has 1 aromatic heterocycles. The number of hydrogen-bond acceptors (Lipinski definition) is 4. The van der Waals surface area contributed by atoms with Crippen molar-refractivity contribution in [1.82, 2.24) is 10.3 Å². The molecule has 0 fully saturated rings. The zero-order valence-electron chi connectivity index (χ0n) is 15.1. The molecule has 0 aliphatic rings. The normalized spacial score (nSPS) is 11.9. The number of H-pyrrole nitrogens is 1. The molecule has 0 aliphatic carbocycles. The number of nitrogens with one attached hydrogen (secondary N) is 2. The van der Waals surface area contributed by atoms with E-state index in [4.69, 9.17) is 4.74 Å². The van der Waals surface area contributed by atoms with Crippen LogP contribution in [0.4, 0.5) is 4.39 Å². The molecule has 140 valence electrons. The fraction of sp³-hybridized carbons (Fsp3) is 0.368. The van der Waals surface area contributed by atoms with Crippen LogP contribution in [0.3, 0.4) is 0 Å². The summed E-state index contributed by atoms with van der Waals surface area (Å²) in [6.07, 6.45) is -0.158. The molecule has 1 aromatic carbocycles. The predicted molar refractivity (Wildman–Crippen MR) is 94.3 cm³/mol. The molecule has 1 amide bonds. The van der Waals surface area contributed by atoms with Gasteiger partial charge in [-0.05, 0) is 50.5 Å². The first-order valence-corrected chi connectivity index (χ1v) is 8.35. The molecule has 1 heterocycles. The van der Waals surface area contributed by atoms with Gasteiger partial charge in [0.25, 0.3) is 5.91 Å². The standard InChI is InChI=1S/C19H23FN2O4/c1-11-17(13(3)23)12(2)22-18(11)19(25)26-10-16(24)21-9-8-14-4-6-15(20)7-5-14/h4-7,13,22-23H,8-10H2,1-3H3,(H,21,24)/t13-/m0/s1. The van der Waals surface area contributed by atoms with Crippen molar-refractivity contribution >= 4 is 11.9 Å². The highest BCUT2D eigenvalue weighted by Gasteiger charge is 2.21. The van der Waals surface area contributed by atoms with Crippen molar-refractivity contribution in [3.63, 3.8) is 0 Å². The van der Waals surface area contributed by atoms with E-state index in [1.807, 2.05) is 0 Å². The topological polar surface area (TPSA) is 91.4 Å². The molecule has 3 N–H and O–H groups in total. The molecule has 0 aliphatic heterocycles. The maximum absolute atomic E-state index is 12.8. The summed E-state index contributed by atoms with van der Waals surface area (Å²) in [6, 6.07) is 6.03. The Morgan fingerprint density at radius 3 is 2.50 bits per heavy atom. The second-order valence-electron chi connectivity index (χ2n) is 6.14. The number of hydrogen-bond donors (Lipinski definition) is 3. The van der Waals surface area contributed by atoms with Gasteiger partial charge in [0.15, 0.2) is 6.61 Å². The lowest BCUT2D eigenvalue weighted by atomic mass is 10.1. The number of aromatic amines is 1. The first-order chi connectivity index (χ1) is 12.3. The van der Waals surface area contributed by atoms with Crippen LogP contribution in [0.25, 0.3) is 0 Å². The summed E-state index contributed by atoms with van der Waals surface area (Å²) in [6.45, 7) is 5.05. The number of halogens is 1. The molecule has 0 saturated carbocycles. The summed E-state index contributed by atoms with van der Waals surface area (Å²) in [5.74, 6) is -1.37. The van der Waals surface area contributed by atoms with E-state index >= 15 is 0 Å². The summed E-state index contributed by atoms with van der Waals surface area (Å²) in [5, 5.41) is 12.4. The lowest BCUT2D eigenvalue weighted by Crippen LogP contribution is -2.30. The minimum absolute atomic E-state index is 0.234. The van der Waals surface area contributed by atoms with E-state index in [1.54, 1.807) is 32.9 Å². The smallest absolute Gasteiger partial charge is 0.355 e. The molecular weight excluding hydrogens is 339 g/mol. The van der Waals surface area contributed by atoms with E-state index in [2.05, 4.69) is 10.3 Å². The Balaban J connectivity index is 1.81. The largest absolute Gasteiger partial charge is 0.451 e. The number of carbonyl (C=O) groups is 2. The summed E-state index contributed by atoms with van der Waals surface area (Å²) < 4.78 is 17.8. The third kappa shape index (κ3) is 4.92. The highest BCUT2D eigenvalue weighted by molar-refractivity contribution is 5.91. The second-order valence-corrected chi connectivity index (χ2v) is 6.14. The van der Waals surface area contributed by atoms with Crippen LogP contribution in [0, 0.1) is 19.7 Å². The number of aliphatic hydroxyl groups excluding tert-OH is 1. The summed E-state index contributed by atoms with van der Waals surface area (Å²) >= 11 is 0. The number of aliphatic hydroxyl groups is 1. The Morgan fingerprint density at radius 1 is 1.27 bits per heavy atom. The van der Waals surface area contributed by atoms with Gasteiger partial charge in [0.2, 0.25) is 0 Å². The van der Waals surface area contributed by atoms with Gasteiger partial charge in [0.1, 0.15) is 11.5 Å². The number of aromatic nitrogens is 1. The van der Waals surface area contributed by atoms with Gasteiger partial charge in [-0.25, -0.2) is 9.18 Å². The molecule has 1 atom stereocenters. The first kappa shape index (κ1) is 19.7. The third-order valence-corrected chi connectivity index (χ3v) is 4.10.